The van der Waals surface area contributed by atoms with Gasteiger partial charge in [-0.3, -0.25) is 9.80 Å². The van der Waals surface area contributed by atoms with Crippen molar-refractivity contribution in [3.05, 3.63) is 83.2 Å². The molecule has 0 saturated carbocycles. The zero-order chi connectivity index (χ0) is 24.4. The van der Waals surface area contributed by atoms with E-state index in [1.54, 1.807) is 12.3 Å². The van der Waals surface area contributed by atoms with Crippen LogP contribution in [-0.4, -0.2) is 59.8 Å². The SMILES string of the molecule is O=C(Nc1cccc(C2=CC=NC3=CCN(CCN4CCCC4)N32)c1)c1cccc(C(F)(F)F)c1. The number of hydrazine groups is 1. The zero-order valence-electron chi connectivity index (χ0n) is 19.1. The normalized spacial score (nSPS) is 18.4. The maximum Gasteiger partial charge on any atom is 0.416 e. The molecule has 0 aliphatic carbocycles. The number of rotatable bonds is 6. The van der Waals surface area contributed by atoms with Gasteiger partial charge in [0.05, 0.1) is 11.3 Å². The summed E-state index contributed by atoms with van der Waals surface area (Å²) in [4.78, 5) is 19.7. The molecule has 0 atom stereocenters. The topological polar surface area (TPSA) is 51.2 Å². The van der Waals surface area contributed by atoms with Crippen LogP contribution in [0.15, 0.2) is 71.5 Å². The van der Waals surface area contributed by atoms with Gasteiger partial charge >= 0.3 is 6.18 Å². The first-order chi connectivity index (χ1) is 16.9. The Hall–Kier alpha value is -3.43. The largest absolute Gasteiger partial charge is 0.416 e. The van der Waals surface area contributed by atoms with Crippen molar-refractivity contribution in [2.75, 3.05) is 38.0 Å². The highest BCUT2D eigenvalue weighted by molar-refractivity contribution is 6.04. The van der Waals surface area contributed by atoms with Gasteiger partial charge in [0.25, 0.3) is 5.91 Å². The molecule has 2 aromatic carbocycles. The number of carbonyl (C=O) groups is 1. The lowest BCUT2D eigenvalue weighted by Gasteiger charge is -2.35. The van der Waals surface area contributed by atoms with Gasteiger partial charge in [-0.1, -0.05) is 18.2 Å². The Morgan fingerprint density at radius 3 is 2.63 bits per heavy atom. The van der Waals surface area contributed by atoms with Gasteiger partial charge in [0.1, 0.15) is 5.82 Å². The molecular formula is C26H26F3N5O. The molecule has 3 aliphatic heterocycles. The molecule has 1 saturated heterocycles. The summed E-state index contributed by atoms with van der Waals surface area (Å²) in [6.45, 7) is 4.91. The van der Waals surface area contributed by atoms with Crippen molar-refractivity contribution in [2.24, 2.45) is 4.99 Å². The average molecular weight is 482 g/mol. The molecule has 6 nitrogen and oxygen atoms in total. The van der Waals surface area contributed by atoms with Crippen LogP contribution < -0.4 is 5.32 Å². The molecule has 0 spiro atoms. The Balaban J connectivity index is 1.32. The van der Waals surface area contributed by atoms with Gasteiger partial charge in [0.2, 0.25) is 0 Å². The number of hydrogen-bond donors (Lipinski definition) is 1. The van der Waals surface area contributed by atoms with E-state index < -0.39 is 17.6 Å². The molecule has 1 amide bonds. The van der Waals surface area contributed by atoms with Gasteiger partial charge in [-0.05, 0) is 68.4 Å². The molecule has 0 unspecified atom stereocenters. The fourth-order valence-electron chi connectivity index (χ4n) is 4.61. The number of allylic oxidation sites excluding steroid dienone is 1. The van der Waals surface area contributed by atoms with Crippen LogP contribution in [0.5, 0.6) is 0 Å². The van der Waals surface area contributed by atoms with Crippen LogP contribution in [0.3, 0.4) is 0 Å². The van der Waals surface area contributed by atoms with Gasteiger partial charge in [-0.25, -0.2) is 10.0 Å². The van der Waals surface area contributed by atoms with Gasteiger partial charge < -0.3 is 10.2 Å². The summed E-state index contributed by atoms with van der Waals surface area (Å²) in [6.07, 6.45) is 3.78. The molecule has 9 heteroatoms. The monoisotopic (exact) mass is 481 g/mol. The molecule has 3 heterocycles. The van der Waals surface area contributed by atoms with E-state index in [1.807, 2.05) is 24.3 Å². The number of alkyl halides is 3. The van der Waals surface area contributed by atoms with Crippen LogP contribution in [0, 0.1) is 0 Å². The molecular weight excluding hydrogens is 455 g/mol. The van der Waals surface area contributed by atoms with Gasteiger partial charge in [0.15, 0.2) is 0 Å². The number of fused-ring (bicyclic) bond motifs is 1. The number of hydrogen-bond acceptors (Lipinski definition) is 5. The van der Waals surface area contributed by atoms with E-state index in [0.717, 1.165) is 61.9 Å². The van der Waals surface area contributed by atoms with E-state index in [9.17, 15) is 18.0 Å². The summed E-state index contributed by atoms with van der Waals surface area (Å²) in [5.41, 5.74) is 1.40. The Morgan fingerprint density at radius 1 is 1.03 bits per heavy atom. The Kier molecular flexibility index (Phi) is 6.44. The third-order valence-corrected chi connectivity index (χ3v) is 6.39. The van der Waals surface area contributed by atoms with Crippen LogP contribution in [0.1, 0.15) is 34.3 Å². The smallest absolute Gasteiger partial charge is 0.322 e. The first kappa shape index (κ1) is 23.3. The number of amides is 1. The second kappa shape index (κ2) is 9.67. The van der Waals surface area contributed by atoms with E-state index in [0.29, 0.717) is 5.69 Å². The summed E-state index contributed by atoms with van der Waals surface area (Å²) in [7, 11) is 0. The highest BCUT2D eigenvalue weighted by Gasteiger charge is 2.31. The fraction of sp³-hybridized carbons (Fsp3) is 0.308. The first-order valence-electron chi connectivity index (χ1n) is 11.7. The average Bonchev–Trinajstić information content (AvgIpc) is 3.52. The molecule has 182 valence electrons. The first-order valence-corrected chi connectivity index (χ1v) is 11.7. The maximum absolute atomic E-state index is 13.0. The number of halogens is 3. The predicted octanol–water partition coefficient (Wildman–Crippen LogP) is 4.85. The number of anilines is 1. The minimum atomic E-state index is -4.51. The molecule has 5 rings (SSSR count). The van der Waals surface area contributed by atoms with Crippen LogP contribution in [0.25, 0.3) is 5.70 Å². The van der Waals surface area contributed by atoms with Crippen LogP contribution in [0.4, 0.5) is 18.9 Å². The van der Waals surface area contributed by atoms with Crippen molar-refractivity contribution < 1.29 is 18.0 Å². The highest BCUT2D eigenvalue weighted by Crippen LogP contribution is 2.33. The van der Waals surface area contributed by atoms with Crippen LogP contribution >= 0.6 is 0 Å². The van der Waals surface area contributed by atoms with Crippen molar-refractivity contribution in [2.45, 2.75) is 19.0 Å². The Morgan fingerprint density at radius 2 is 1.83 bits per heavy atom. The highest BCUT2D eigenvalue weighted by atomic mass is 19.4. The summed E-state index contributed by atoms with van der Waals surface area (Å²) >= 11 is 0. The molecule has 35 heavy (non-hydrogen) atoms. The van der Waals surface area contributed by atoms with E-state index >= 15 is 0 Å². The summed E-state index contributed by atoms with van der Waals surface area (Å²) in [6, 6.07) is 11.7. The van der Waals surface area contributed by atoms with Crippen molar-refractivity contribution in [3.63, 3.8) is 0 Å². The van der Waals surface area contributed by atoms with Crippen molar-refractivity contribution in [1.82, 2.24) is 14.9 Å². The third kappa shape index (κ3) is 5.16. The molecule has 0 radical (unpaired) electrons. The summed E-state index contributed by atoms with van der Waals surface area (Å²) in [5, 5.41) is 7.08. The molecule has 3 aliphatic rings. The van der Waals surface area contributed by atoms with Gasteiger partial charge in [0, 0.05) is 42.7 Å². The number of nitrogens with one attached hydrogen (secondary N) is 1. The van der Waals surface area contributed by atoms with Crippen molar-refractivity contribution >= 4 is 23.5 Å². The van der Waals surface area contributed by atoms with Crippen molar-refractivity contribution in [1.29, 1.82) is 0 Å². The number of benzene rings is 2. The minimum absolute atomic E-state index is 0.0490. The van der Waals surface area contributed by atoms with E-state index in [1.165, 1.54) is 25.0 Å². The van der Waals surface area contributed by atoms with E-state index in [4.69, 9.17) is 0 Å². The van der Waals surface area contributed by atoms with Crippen LogP contribution in [0.2, 0.25) is 0 Å². The van der Waals surface area contributed by atoms with E-state index in [-0.39, 0.29) is 5.56 Å². The molecule has 1 fully saturated rings. The Labute approximate surface area is 202 Å². The molecule has 1 N–H and O–H groups in total. The second-order valence-electron chi connectivity index (χ2n) is 8.78. The van der Waals surface area contributed by atoms with Crippen molar-refractivity contribution in [3.8, 4) is 0 Å². The van der Waals surface area contributed by atoms with Gasteiger partial charge in [-0.15, -0.1) is 0 Å². The number of aliphatic imine (C=N–C) groups is 1. The van der Waals surface area contributed by atoms with Gasteiger partial charge in [-0.2, -0.15) is 13.2 Å². The zero-order valence-corrected chi connectivity index (χ0v) is 19.1. The maximum atomic E-state index is 13.0. The third-order valence-electron chi connectivity index (χ3n) is 6.39. The number of nitrogens with zero attached hydrogens (tertiary/aromatic N) is 4. The number of likely N-dealkylation sites (tertiary alicyclic amines) is 1. The summed E-state index contributed by atoms with van der Waals surface area (Å²) < 4.78 is 39.1. The molecule has 0 aromatic heterocycles. The second-order valence-corrected chi connectivity index (χ2v) is 8.78. The number of carbonyl (C=O) groups excluding carboxylic acids is 1. The quantitative estimate of drug-likeness (QED) is 0.641. The fourth-order valence-corrected chi connectivity index (χ4v) is 4.61. The lowest BCUT2D eigenvalue weighted by Crippen LogP contribution is -2.41. The lowest BCUT2D eigenvalue weighted by atomic mass is 10.1. The minimum Gasteiger partial charge on any atom is -0.322 e. The lowest BCUT2D eigenvalue weighted by molar-refractivity contribution is -0.137. The Bertz CT molecular complexity index is 1200. The predicted molar refractivity (Wildman–Crippen MR) is 129 cm³/mol. The molecule has 2 aromatic rings. The summed E-state index contributed by atoms with van der Waals surface area (Å²) in [5.74, 6) is 0.267. The molecule has 0 bridgehead atoms. The standard InChI is InChI=1S/C26H26F3N5O/c27-26(28,29)21-7-3-6-20(17-21)25(35)31-22-8-4-5-19(18-22)23-9-11-30-24-10-14-33(34(23)24)16-15-32-12-1-2-13-32/h3-11,17-18H,1-2,12-16H2,(H,31,35). The van der Waals surface area contributed by atoms with Crippen LogP contribution in [-0.2, 0) is 6.18 Å². The van der Waals surface area contributed by atoms with E-state index in [2.05, 4.69) is 31.3 Å².